The Morgan fingerprint density at radius 2 is 2.14 bits per heavy atom. The van der Waals surface area contributed by atoms with E-state index in [0.717, 1.165) is 24.8 Å². The normalized spacial score (nSPS) is 31.2. The lowest BCUT2D eigenvalue weighted by Gasteiger charge is -2.42. The first kappa shape index (κ1) is 9.72. The summed E-state index contributed by atoms with van der Waals surface area (Å²) < 4.78 is 0. The highest BCUT2D eigenvalue weighted by molar-refractivity contribution is 5.30. The summed E-state index contributed by atoms with van der Waals surface area (Å²) >= 11 is 0. The summed E-state index contributed by atoms with van der Waals surface area (Å²) in [5.74, 6) is 0.672. The average molecular weight is 190 g/mol. The molecule has 0 saturated heterocycles. The highest BCUT2D eigenvalue weighted by atomic mass is 16.3. The fourth-order valence-corrected chi connectivity index (χ4v) is 2.41. The van der Waals surface area contributed by atoms with E-state index in [1.807, 2.05) is 6.07 Å². The molecule has 0 spiro atoms. The lowest BCUT2D eigenvalue weighted by molar-refractivity contribution is -0.0738. The molecular formula is C13H18O. The summed E-state index contributed by atoms with van der Waals surface area (Å²) in [7, 11) is 0. The van der Waals surface area contributed by atoms with Crippen molar-refractivity contribution in [1.82, 2.24) is 0 Å². The molecule has 76 valence electrons. The van der Waals surface area contributed by atoms with Crippen molar-refractivity contribution in [3.05, 3.63) is 35.4 Å². The quantitative estimate of drug-likeness (QED) is 0.760. The Labute approximate surface area is 85.8 Å². The van der Waals surface area contributed by atoms with Crippen molar-refractivity contribution >= 4 is 0 Å². The molecule has 1 aliphatic carbocycles. The molecule has 1 aromatic carbocycles. The van der Waals surface area contributed by atoms with Gasteiger partial charge in [0.2, 0.25) is 0 Å². The van der Waals surface area contributed by atoms with Gasteiger partial charge in [-0.2, -0.15) is 0 Å². The molecule has 0 unspecified atom stereocenters. The molecule has 1 heteroatoms. The van der Waals surface area contributed by atoms with Gasteiger partial charge in [0.25, 0.3) is 0 Å². The fourth-order valence-electron chi connectivity index (χ4n) is 2.41. The van der Waals surface area contributed by atoms with E-state index in [-0.39, 0.29) is 0 Å². The first-order valence-corrected chi connectivity index (χ1v) is 5.46. The van der Waals surface area contributed by atoms with Gasteiger partial charge in [-0.15, -0.1) is 0 Å². The van der Waals surface area contributed by atoms with Crippen LogP contribution in [0.15, 0.2) is 24.3 Å². The predicted octanol–water partition coefficient (Wildman–Crippen LogP) is 2.87. The van der Waals surface area contributed by atoms with Crippen molar-refractivity contribution in [3.8, 4) is 0 Å². The summed E-state index contributed by atoms with van der Waals surface area (Å²) in [6, 6.07) is 8.36. The van der Waals surface area contributed by atoms with Crippen molar-refractivity contribution in [2.24, 2.45) is 5.92 Å². The van der Waals surface area contributed by atoms with E-state index in [4.69, 9.17) is 0 Å². The largest absolute Gasteiger partial charge is 0.385 e. The van der Waals surface area contributed by atoms with Crippen molar-refractivity contribution in [3.63, 3.8) is 0 Å². The van der Waals surface area contributed by atoms with Gasteiger partial charge >= 0.3 is 0 Å². The number of aryl methyl sites for hydroxylation is 1. The average Bonchev–Trinajstić information content (AvgIpc) is 2.16. The van der Waals surface area contributed by atoms with E-state index in [9.17, 15) is 5.11 Å². The Morgan fingerprint density at radius 3 is 2.71 bits per heavy atom. The molecule has 1 saturated carbocycles. The Bertz CT molecular complexity index is 324. The van der Waals surface area contributed by atoms with Crippen LogP contribution in [0, 0.1) is 5.92 Å². The summed E-state index contributed by atoms with van der Waals surface area (Å²) in [5.41, 5.74) is 1.90. The SMILES string of the molecule is CCc1cccc(C2(O)CC(C)C2)c1. The molecule has 0 bridgehead atoms. The van der Waals surface area contributed by atoms with Crippen LogP contribution in [-0.2, 0) is 12.0 Å². The van der Waals surface area contributed by atoms with Gasteiger partial charge in [0.1, 0.15) is 0 Å². The van der Waals surface area contributed by atoms with Crippen LogP contribution in [0.4, 0.5) is 0 Å². The maximum absolute atomic E-state index is 10.3. The molecule has 0 aromatic heterocycles. The second kappa shape index (κ2) is 3.39. The first-order chi connectivity index (χ1) is 6.64. The van der Waals surface area contributed by atoms with E-state index in [2.05, 4.69) is 32.0 Å². The highest BCUT2D eigenvalue weighted by Gasteiger charge is 2.41. The minimum atomic E-state index is -0.523. The zero-order chi connectivity index (χ0) is 10.2. The highest BCUT2D eigenvalue weighted by Crippen LogP contribution is 2.45. The van der Waals surface area contributed by atoms with E-state index in [1.54, 1.807) is 0 Å². The van der Waals surface area contributed by atoms with E-state index < -0.39 is 5.60 Å². The summed E-state index contributed by atoms with van der Waals surface area (Å²) in [6.07, 6.45) is 2.87. The van der Waals surface area contributed by atoms with Crippen molar-refractivity contribution in [1.29, 1.82) is 0 Å². The van der Waals surface area contributed by atoms with Gasteiger partial charge in [-0.05, 0) is 36.3 Å². The predicted molar refractivity (Wildman–Crippen MR) is 58.1 cm³/mol. The van der Waals surface area contributed by atoms with Crippen molar-refractivity contribution in [2.75, 3.05) is 0 Å². The monoisotopic (exact) mass is 190 g/mol. The number of rotatable bonds is 2. The summed E-state index contributed by atoms with van der Waals surface area (Å²) in [6.45, 7) is 4.34. The second-order valence-corrected chi connectivity index (χ2v) is 4.60. The number of benzene rings is 1. The topological polar surface area (TPSA) is 20.2 Å². The molecule has 14 heavy (non-hydrogen) atoms. The van der Waals surface area contributed by atoms with Gasteiger partial charge in [0, 0.05) is 0 Å². The van der Waals surface area contributed by atoms with E-state index in [0.29, 0.717) is 5.92 Å². The third-order valence-electron chi connectivity index (χ3n) is 3.24. The van der Waals surface area contributed by atoms with Gasteiger partial charge in [-0.1, -0.05) is 38.1 Å². The number of hydrogen-bond acceptors (Lipinski definition) is 1. The molecular weight excluding hydrogens is 172 g/mol. The molecule has 1 nitrogen and oxygen atoms in total. The van der Waals surface area contributed by atoms with Gasteiger partial charge in [0.15, 0.2) is 0 Å². The van der Waals surface area contributed by atoms with Crippen LogP contribution < -0.4 is 0 Å². The van der Waals surface area contributed by atoms with Gasteiger partial charge < -0.3 is 5.11 Å². The van der Waals surface area contributed by atoms with E-state index in [1.165, 1.54) is 5.56 Å². The third kappa shape index (κ3) is 1.57. The molecule has 0 atom stereocenters. The Morgan fingerprint density at radius 1 is 1.43 bits per heavy atom. The van der Waals surface area contributed by atoms with Crippen LogP contribution in [0.25, 0.3) is 0 Å². The van der Waals surface area contributed by atoms with E-state index >= 15 is 0 Å². The third-order valence-corrected chi connectivity index (χ3v) is 3.24. The molecule has 1 aromatic rings. The van der Waals surface area contributed by atoms with Crippen LogP contribution in [0.5, 0.6) is 0 Å². The molecule has 0 aliphatic heterocycles. The van der Waals surface area contributed by atoms with Crippen LogP contribution in [0.1, 0.15) is 37.8 Å². The summed E-state index contributed by atoms with van der Waals surface area (Å²) in [5, 5.41) is 10.3. The van der Waals surface area contributed by atoms with Crippen LogP contribution >= 0.6 is 0 Å². The summed E-state index contributed by atoms with van der Waals surface area (Å²) in [4.78, 5) is 0. The zero-order valence-electron chi connectivity index (χ0n) is 8.96. The smallest absolute Gasteiger partial charge is 0.0901 e. The van der Waals surface area contributed by atoms with Crippen LogP contribution in [0.3, 0.4) is 0 Å². The van der Waals surface area contributed by atoms with Gasteiger partial charge in [-0.3, -0.25) is 0 Å². The second-order valence-electron chi connectivity index (χ2n) is 4.60. The number of aliphatic hydroxyl groups is 1. The fraction of sp³-hybridized carbons (Fsp3) is 0.538. The number of hydrogen-bond donors (Lipinski definition) is 1. The Kier molecular flexibility index (Phi) is 2.36. The standard InChI is InChI=1S/C13H18O/c1-3-11-5-4-6-12(7-11)13(14)8-10(2)9-13/h4-7,10,14H,3,8-9H2,1-2H3. The minimum Gasteiger partial charge on any atom is -0.385 e. The van der Waals surface area contributed by atoms with Crippen LogP contribution in [0.2, 0.25) is 0 Å². The molecule has 1 aliphatic rings. The maximum Gasteiger partial charge on any atom is 0.0901 e. The zero-order valence-corrected chi connectivity index (χ0v) is 8.96. The molecule has 2 rings (SSSR count). The van der Waals surface area contributed by atoms with Crippen molar-refractivity contribution < 1.29 is 5.11 Å². The van der Waals surface area contributed by atoms with Gasteiger partial charge in [0.05, 0.1) is 5.60 Å². The molecule has 1 N–H and O–H groups in total. The molecule has 0 amide bonds. The van der Waals surface area contributed by atoms with Crippen LogP contribution in [-0.4, -0.2) is 5.11 Å². The molecule has 0 radical (unpaired) electrons. The molecule has 0 heterocycles. The Hall–Kier alpha value is -0.820. The maximum atomic E-state index is 10.3. The van der Waals surface area contributed by atoms with Crippen molar-refractivity contribution in [2.45, 2.75) is 38.7 Å². The first-order valence-electron chi connectivity index (χ1n) is 5.46. The Balaban J connectivity index is 2.24. The molecule has 1 fully saturated rings. The lowest BCUT2D eigenvalue weighted by Crippen LogP contribution is -2.39. The lowest BCUT2D eigenvalue weighted by atomic mass is 9.68. The minimum absolute atomic E-state index is 0.523. The van der Waals surface area contributed by atoms with Gasteiger partial charge in [-0.25, -0.2) is 0 Å².